The summed E-state index contributed by atoms with van der Waals surface area (Å²) in [6, 6.07) is 3.20. The van der Waals surface area contributed by atoms with Gasteiger partial charge in [-0.05, 0) is 62.3 Å². The Bertz CT molecular complexity index is 513. The van der Waals surface area contributed by atoms with E-state index < -0.39 is 0 Å². The summed E-state index contributed by atoms with van der Waals surface area (Å²) >= 11 is 0. The number of hydrogen-bond acceptors (Lipinski definition) is 2. The summed E-state index contributed by atoms with van der Waals surface area (Å²) in [6.07, 6.45) is 3.18. The largest absolute Gasteiger partial charge is 0.393 e. The van der Waals surface area contributed by atoms with E-state index in [1.54, 1.807) is 13.0 Å². The zero-order valence-corrected chi connectivity index (χ0v) is 10.5. The number of aliphatic hydroxyl groups is 1. The molecular weight excluding hydrogens is 231 g/mol. The second-order valence-corrected chi connectivity index (χ2v) is 5.78. The van der Waals surface area contributed by atoms with Gasteiger partial charge in [-0.1, -0.05) is 0 Å². The lowest BCUT2D eigenvalue weighted by atomic mass is 9.70. The molecule has 1 fully saturated rings. The summed E-state index contributed by atoms with van der Waals surface area (Å²) in [6.45, 7) is 1.69. The molecule has 0 saturated heterocycles. The van der Waals surface area contributed by atoms with Gasteiger partial charge >= 0.3 is 0 Å². The van der Waals surface area contributed by atoms with E-state index in [9.17, 15) is 14.3 Å². The van der Waals surface area contributed by atoms with Gasteiger partial charge in [0.1, 0.15) is 5.82 Å². The number of fused-ring (bicyclic) bond motifs is 1. The van der Waals surface area contributed by atoms with Gasteiger partial charge in [-0.25, -0.2) is 4.39 Å². The molecule has 0 heterocycles. The van der Waals surface area contributed by atoms with Crippen LogP contribution in [0.3, 0.4) is 0 Å². The standard InChI is InChI=1S/C15H17FO2/c1-9-6-12-10(7-13(9)16)8-15(14(12)18)4-2-11(17)3-5-15/h6-7,11,17H,2-5,8H2,1H3. The first-order valence-corrected chi connectivity index (χ1v) is 6.54. The minimum absolute atomic E-state index is 0.160. The van der Waals surface area contributed by atoms with E-state index >= 15 is 0 Å². The molecule has 0 radical (unpaired) electrons. The molecule has 3 rings (SSSR count). The summed E-state index contributed by atoms with van der Waals surface area (Å²) in [5.74, 6) is -0.0676. The Balaban J connectivity index is 1.98. The highest BCUT2D eigenvalue weighted by Crippen LogP contribution is 2.47. The van der Waals surface area contributed by atoms with Gasteiger partial charge in [0.25, 0.3) is 0 Å². The summed E-state index contributed by atoms with van der Waals surface area (Å²) in [5.41, 5.74) is 1.72. The van der Waals surface area contributed by atoms with Gasteiger partial charge < -0.3 is 5.11 Å². The van der Waals surface area contributed by atoms with Crippen LogP contribution in [0.15, 0.2) is 12.1 Å². The first-order chi connectivity index (χ1) is 8.52. The third-order valence-electron chi connectivity index (χ3n) is 4.55. The number of aryl methyl sites for hydroxylation is 1. The SMILES string of the molecule is Cc1cc2c(cc1F)CC1(CCC(O)CC1)C2=O. The number of aliphatic hydroxyl groups excluding tert-OH is 1. The summed E-state index contributed by atoms with van der Waals surface area (Å²) in [5, 5.41) is 9.57. The van der Waals surface area contributed by atoms with Crippen LogP contribution in [0.1, 0.15) is 47.2 Å². The first kappa shape index (κ1) is 11.8. The lowest BCUT2D eigenvalue weighted by Crippen LogP contribution is -2.34. The summed E-state index contributed by atoms with van der Waals surface area (Å²) in [4.78, 5) is 12.5. The van der Waals surface area contributed by atoms with Crippen LogP contribution in [0.4, 0.5) is 4.39 Å². The van der Waals surface area contributed by atoms with Crippen LogP contribution in [0.5, 0.6) is 0 Å². The maximum absolute atomic E-state index is 13.6. The third kappa shape index (κ3) is 1.61. The van der Waals surface area contributed by atoms with E-state index in [2.05, 4.69) is 0 Å². The molecule has 1 N–H and O–H groups in total. The minimum Gasteiger partial charge on any atom is -0.393 e. The summed E-state index contributed by atoms with van der Waals surface area (Å²) in [7, 11) is 0. The Morgan fingerprint density at radius 2 is 2.00 bits per heavy atom. The molecule has 96 valence electrons. The van der Waals surface area contributed by atoms with Crippen molar-refractivity contribution in [2.24, 2.45) is 5.41 Å². The molecule has 0 bridgehead atoms. The van der Waals surface area contributed by atoms with Gasteiger partial charge in [-0.2, -0.15) is 0 Å². The second-order valence-electron chi connectivity index (χ2n) is 5.78. The predicted molar refractivity (Wildman–Crippen MR) is 66.1 cm³/mol. The molecule has 0 aromatic heterocycles. The maximum Gasteiger partial charge on any atom is 0.169 e. The highest BCUT2D eigenvalue weighted by atomic mass is 19.1. The highest BCUT2D eigenvalue weighted by molar-refractivity contribution is 6.05. The molecule has 1 saturated carbocycles. The zero-order chi connectivity index (χ0) is 12.9. The van der Waals surface area contributed by atoms with Crippen molar-refractivity contribution in [1.82, 2.24) is 0 Å². The van der Waals surface area contributed by atoms with Gasteiger partial charge in [-0.3, -0.25) is 4.79 Å². The number of Topliss-reactive ketones (excluding diaryl/α,β-unsaturated/α-hetero) is 1. The average molecular weight is 248 g/mol. The van der Waals surface area contributed by atoms with Crippen LogP contribution in [0, 0.1) is 18.2 Å². The molecule has 0 amide bonds. The van der Waals surface area contributed by atoms with Crippen molar-refractivity contribution < 1.29 is 14.3 Å². The average Bonchev–Trinajstić information content (AvgIpc) is 2.59. The smallest absolute Gasteiger partial charge is 0.169 e. The zero-order valence-electron chi connectivity index (χ0n) is 10.5. The predicted octanol–water partition coefficient (Wildman–Crippen LogP) is 2.79. The number of benzene rings is 1. The van der Waals surface area contributed by atoms with Crippen LogP contribution in [-0.4, -0.2) is 17.0 Å². The van der Waals surface area contributed by atoms with Crippen molar-refractivity contribution in [3.05, 3.63) is 34.6 Å². The molecule has 1 aromatic carbocycles. The van der Waals surface area contributed by atoms with Gasteiger partial charge in [0.05, 0.1) is 6.10 Å². The van der Waals surface area contributed by atoms with Gasteiger partial charge in [-0.15, -0.1) is 0 Å². The lowest BCUT2D eigenvalue weighted by molar-refractivity contribution is 0.0513. The molecule has 2 aliphatic carbocycles. The molecule has 0 aliphatic heterocycles. The number of halogens is 1. The molecule has 0 atom stereocenters. The fraction of sp³-hybridized carbons (Fsp3) is 0.533. The van der Waals surface area contributed by atoms with Crippen LogP contribution in [-0.2, 0) is 6.42 Å². The molecule has 3 heteroatoms. The Kier molecular flexibility index (Phi) is 2.56. The fourth-order valence-corrected chi connectivity index (χ4v) is 3.37. The normalized spacial score (nSPS) is 30.8. The summed E-state index contributed by atoms with van der Waals surface area (Å²) < 4.78 is 13.6. The molecule has 1 spiro atoms. The Labute approximate surface area is 106 Å². The fourth-order valence-electron chi connectivity index (χ4n) is 3.37. The molecule has 1 aromatic rings. The van der Waals surface area contributed by atoms with Crippen molar-refractivity contribution in [2.75, 3.05) is 0 Å². The van der Waals surface area contributed by atoms with Crippen LogP contribution in [0.2, 0.25) is 0 Å². The van der Waals surface area contributed by atoms with Crippen LogP contribution < -0.4 is 0 Å². The van der Waals surface area contributed by atoms with Gasteiger partial charge in [0.15, 0.2) is 5.78 Å². The monoisotopic (exact) mass is 248 g/mol. The van der Waals surface area contributed by atoms with Crippen LogP contribution in [0.25, 0.3) is 0 Å². The number of hydrogen-bond donors (Lipinski definition) is 1. The van der Waals surface area contributed by atoms with Crippen molar-refractivity contribution >= 4 is 5.78 Å². The lowest BCUT2D eigenvalue weighted by Gasteiger charge is -2.33. The van der Waals surface area contributed by atoms with E-state index in [4.69, 9.17) is 0 Å². The topological polar surface area (TPSA) is 37.3 Å². The van der Waals surface area contributed by atoms with Crippen molar-refractivity contribution in [3.8, 4) is 0 Å². The van der Waals surface area contributed by atoms with E-state index in [0.29, 0.717) is 30.4 Å². The molecule has 0 unspecified atom stereocenters. The Morgan fingerprint density at radius 1 is 1.33 bits per heavy atom. The molecular formula is C15H17FO2. The van der Waals surface area contributed by atoms with E-state index in [1.165, 1.54) is 6.07 Å². The van der Waals surface area contributed by atoms with E-state index in [0.717, 1.165) is 18.4 Å². The molecule has 2 aliphatic rings. The van der Waals surface area contributed by atoms with Crippen molar-refractivity contribution in [3.63, 3.8) is 0 Å². The van der Waals surface area contributed by atoms with Gasteiger partial charge in [0, 0.05) is 11.0 Å². The third-order valence-corrected chi connectivity index (χ3v) is 4.55. The molecule has 18 heavy (non-hydrogen) atoms. The Morgan fingerprint density at radius 3 is 2.67 bits per heavy atom. The van der Waals surface area contributed by atoms with Crippen molar-refractivity contribution in [1.29, 1.82) is 0 Å². The minimum atomic E-state index is -0.359. The number of ketones is 1. The number of carbonyl (C=O) groups is 1. The molecule has 2 nitrogen and oxygen atoms in total. The first-order valence-electron chi connectivity index (χ1n) is 6.54. The number of carbonyl (C=O) groups excluding carboxylic acids is 1. The highest BCUT2D eigenvalue weighted by Gasteiger charge is 2.47. The number of rotatable bonds is 0. The second kappa shape index (κ2) is 3.89. The Hall–Kier alpha value is -1.22. The maximum atomic E-state index is 13.6. The van der Waals surface area contributed by atoms with Gasteiger partial charge in [0.2, 0.25) is 0 Å². The van der Waals surface area contributed by atoms with E-state index in [1.807, 2.05) is 0 Å². The van der Waals surface area contributed by atoms with Crippen molar-refractivity contribution in [2.45, 2.75) is 45.1 Å². The van der Waals surface area contributed by atoms with Crippen LogP contribution >= 0.6 is 0 Å². The quantitative estimate of drug-likeness (QED) is 0.766. The van der Waals surface area contributed by atoms with E-state index in [-0.39, 0.29) is 23.1 Å².